The standard InChI is InChI=1S/C29H24Cl3NO8/c1-17-21(38-24(34)18-11-5-2-6-12-18)22(39-25(35)19-13-7-3-8-14-19)23(27(37-17)41-28(33)29(30,31)32)40-26(36)20-15-9-4-10-16-20/h2-17,21-23,27,33H,1H3/t17-,21-,22+,23+,27-/m1/s1. The summed E-state index contributed by atoms with van der Waals surface area (Å²) in [4.78, 5) is 39.4. The third-order valence-corrected chi connectivity index (χ3v) is 6.49. The first-order valence-electron chi connectivity index (χ1n) is 12.3. The van der Waals surface area contributed by atoms with Crippen molar-refractivity contribution in [3.05, 3.63) is 108 Å². The van der Waals surface area contributed by atoms with Gasteiger partial charge in [-0.3, -0.25) is 5.41 Å². The maximum atomic E-state index is 13.2. The Balaban J connectivity index is 1.73. The Morgan fingerprint density at radius 3 is 1.39 bits per heavy atom. The average Bonchev–Trinajstić information content (AvgIpc) is 2.97. The van der Waals surface area contributed by atoms with Crippen molar-refractivity contribution < 1.29 is 38.1 Å². The van der Waals surface area contributed by atoms with Crippen LogP contribution in [0.2, 0.25) is 0 Å². The Bertz CT molecular complexity index is 1370. The first-order valence-corrected chi connectivity index (χ1v) is 13.4. The molecule has 5 atom stereocenters. The number of rotatable bonds is 7. The van der Waals surface area contributed by atoms with Crippen LogP contribution < -0.4 is 0 Å². The Kier molecular flexibility index (Phi) is 9.88. The molecule has 41 heavy (non-hydrogen) atoms. The Labute approximate surface area is 250 Å². The van der Waals surface area contributed by atoms with E-state index >= 15 is 0 Å². The fourth-order valence-electron chi connectivity index (χ4n) is 3.97. The number of esters is 3. The van der Waals surface area contributed by atoms with Crippen molar-refractivity contribution in [2.45, 2.75) is 41.4 Å². The second kappa shape index (κ2) is 13.4. The lowest BCUT2D eigenvalue weighted by Crippen LogP contribution is -2.62. The van der Waals surface area contributed by atoms with Crippen molar-refractivity contribution in [3.63, 3.8) is 0 Å². The van der Waals surface area contributed by atoms with Crippen LogP contribution >= 0.6 is 34.8 Å². The minimum atomic E-state index is -2.28. The second-order valence-electron chi connectivity index (χ2n) is 8.86. The predicted molar refractivity (Wildman–Crippen MR) is 150 cm³/mol. The second-order valence-corrected chi connectivity index (χ2v) is 11.1. The number of carbonyl (C=O) groups excluding carboxylic acids is 3. The lowest BCUT2D eigenvalue weighted by Gasteiger charge is -2.43. The van der Waals surface area contributed by atoms with Gasteiger partial charge in [0, 0.05) is 0 Å². The summed E-state index contributed by atoms with van der Waals surface area (Å²) in [5.41, 5.74) is 0.564. The molecule has 0 spiro atoms. The molecule has 9 nitrogen and oxygen atoms in total. The van der Waals surface area contributed by atoms with Crippen LogP contribution in [-0.2, 0) is 23.7 Å². The Morgan fingerprint density at radius 2 is 1.00 bits per heavy atom. The van der Waals surface area contributed by atoms with Crippen LogP contribution in [0.3, 0.4) is 0 Å². The van der Waals surface area contributed by atoms with Gasteiger partial charge in [-0.15, -0.1) is 0 Å². The van der Waals surface area contributed by atoms with Crippen molar-refractivity contribution in [1.29, 1.82) is 5.41 Å². The molecule has 0 radical (unpaired) electrons. The first kappa shape index (κ1) is 30.3. The van der Waals surface area contributed by atoms with E-state index in [9.17, 15) is 14.4 Å². The highest BCUT2D eigenvalue weighted by molar-refractivity contribution is 6.76. The Morgan fingerprint density at radius 1 is 0.634 bits per heavy atom. The zero-order valence-corrected chi connectivity index (χ0v) is 23.7. The third kappa shape index (κ3) is 7.77. The van der Waals surface area contributed by atoms with Gasteiger partial charge in [-0.2, -0.15) is 0 Å². The van der Waals surface area contributed by atoms with Gasteiger partial charge in [-0.1, -0.05) is 89.4 Å². The van der Waals surface area contributed by atoms with Gasteiger partial charge in [0.05, 0.1) is 22.8 Å². The number of ether oxygens (including phenoxy) is 5. The molecule has 12 heteroatoms. The van der Waals surface area contributed by atoms with Crippen LogP contribution in [-0.4, -0.2) is 58.3 Å². The summed E-state index contributed by atoms with van der Waals surface area (Å²) in [5.74, 6) is -3.22. The van der Waals surface area contributed by atoms with E-state index in [0.29, 0.717) is 0 Å². The lowest BCUT2D eigenvalue weighted by molar-refractivity contribution is -0.270. The molecule has 0 aromatic heterocycles. The third-order valence-electron chi connectivity index (χ3n) is 5.98. The lowest BCUT2D eigenvalue weighted by atomic mass is 9.98. The largest absolute Gasteiger partial charge is 0.452 e. The molecule has 214 valence electrons. The molecule has 0 bridgehead atoms. The van der Waals surface area contributed by atoms with E-state index in [1.807, 2.05) is 0 Å². The predicted octanol–water partition coefficient (Wildman–Crippen LogP) is 5.77. The fourth-order valence-corrected chi connectivity index (χ4v) is 4.10. The van der Waals surface area contributed by atoms with Gasteiger partial charge >= 0.3 is 17.9 Å². The van der Waals surface area contributed by atoms with Crippen LogP contribution in [0.1, 0.15) is 38.0 Å². The average molecular weight is 621 g/mol. The van der Waals surface area contributed by atoms with Gasteiger partial charge in [0.2, 0.25) is 18.3 Å². The number of alkyl halides is 3. The van der Waals surface area contributed by atoms with E-state index in [0.717, 1.165) is 0 Å². The molecule has 1 fully saturated rings. The van der Waals surface area contributed by atoms with E-state index in [2.05, 4.69) is 0 Å². The van der Waals surface area contributed by atoms with Crippen LogP contribution in [0.5, 0.6) is 0 Å². The molecular formula is C29H24Cl3NO8. The van der Waals surface area contributed by atoms with Gasteiger partial charge in [0.1, 0.15) is 0 Å². The highest BCUT2D eigenvalue weighted by Crippen LogP contribution is 2.34. The monoisotopic (exact) mass is 619 g/mol. The first-order chi connectivity index (χ1) is 19.5. The molecule has 0 aliphatic carbocycles. The minimum Gasteiger partial charge on any atom is -0.452 e. The quantitative estimate of drug-likeness (QED) is 0.116. The number of benzene rings is 3. The highest BCUT2D eigenvalue weighted by Gasteiger charge is 2.53. The Hall–Kier alpha value is -3.63. The minimum absolute atomic E-state index is 0.160. The van der Waals surface area contributed by atoms with E-state index in [-0.39, 0.29) is 16.7 Å². The molecule has 0 saturated carbocycles. The van der Waals surface area contributed by atoms with E-state index < -0.39 is 58.3 Å². The molecular weight excluding hydrogens is 597 g/mol. The summed E-state index contributed by atoms with van der Waals surface area (Å²) < 4.78 is 26.4. The number of halogens is 3. The van der Waals surface area contributed by atoms with E-state index in [1.165, 1.54) is 31.2 Å². The highest BCUT2D eigenvalue weighted by atomic mass is 35.6. The van der Waals surface area contributed by atoms with Crippen molar-refractivity contribution in [1.82, 2.24) is 0 Å². The zero-order valence-electron chi connectivity index (χ0n) is 21.4. The molecule has 1 aliphatic heterocycles. The van der Waals surface area contributed by atoms with Crippen LogP contribution in [0.4, 0.5) is 0 Å². The van der Waals surface area contributed by atoms with E-state index in [4.69, 9.17) is 63.9 Å². The topological polar surface area (TPSA) is 121 Å². The molecule has 1 heterocycles. The number of carbonyl (C=O) groups is 3. The molecule has 0 unspecified atom stereocenters. The molecule has 1 saturated heterocycles. The number of nitrogens with one attached hydrogen (secondary N) is 1. The maximum Gasteiger partial charge on any atom is 0.338 e. The summed E-state index contributed by atoms with van der Waals surface area (Å²) in [7, 11) is 0. The van der Waals surface area contributed by atoms with Gasteiger partial charge < -0.3 is 23.7 Å². The van der Waals surface area contributed by atoms with E-state index in [1.54, 1.807) is 66.7 Å². The summed E-state index contributed by atoms with van der Waals surface area (Å²) in [6.07, 6.45) is -6.93. The smallest absolute Gasteiger partial charge is 0.338 e. The van der Waals surface area contributed by atoms with Crippen LogP contribution in [0.25, 0.3) is 0 Å². The van der Waals surface area contributed by atoms with Gasteiger partial charge in [-0.05, 0) is 43.3 Å². The molecule has 0 amide bonds. The summed E-state index contributed by atoms with van der Waals surface area (Å²) >= 11 is 17.5. The molecule has 1 aliphatic rings. The van der Waals surface area contributed by atoms with Crippen molar-refractivity contribution in [2.24, 2.45) is 0 Å². The van der Waals surface area contributed by atoms with Crippen molar-refractivity contribution >= 4 is 58.6 Å². The number of hydrogen-bond acceptors (Lipinski definition) is 9. The zero-order chi connectivity index (χ0) is 29.6. The molecule has 1 N–H and O–H groups in total. The molecule has 3 aromatic carbocycles. The van der Waals surface area contributed by atoms with Crippen LogP contribution in [0, 0.1) is 5.41 Å². The van der Waals surface area contributed by atoms with Crippen LogP contribution in [0.15, 0.2) is 91.0 Å². The van der Waals surface area contributed by atoms with Crippen molar-refractivity contribution in [3.8, 4) is 0 Å². The number of hydrogen-bond donors (Lipinski definition) is 1. The summed E-state index contributed by atoms with van der Waals surface area (Å²) in [6, 6.07) is 24.1. The van der Waals surface area contributed by atoms with Crippen molar-refractivity contribution in [2.75, 3.05) is 0 Å². The summed E-state index contributed by atoms with van der Waals surface area (Å²) in [5, 5.41) is 8.06. The van der Waals surface area contributed by atoms with Gasteiger partial charge in [0.25, 0.3) is 3.79 Å². The summed E-state index contributed by atoms with van der Waals surface area (Å²) in [6.45, 7) is 1.52. The molecule has 3 aromatic rings. The van der Waals surface area contributed by atoms with Gasteiger partial charge in [0.15, 0.2) is 12.2 Å². The van der Waals surface area contributed by atoms with Gasteiger partial charge in [-0.25, -0.2) is 14.4 Å². The SMILES string of the molecule is C[C@H]1O[C@H](OC(=N)C(Cl)(Cl)Cl)[C@@H](OC(=O)c2ccccc2)[C@@H](OC(=O)c2ccccc2)[C@@H]1OC(=O)c1ccccc1. The maximum absolute atomic E-state index is 13.2. The molecule has 4 rings (SSSR count). The normalized spacial score (nSPS) is 22.2. The fraction of sp³-hybridized carbons (Fsp3) is 0.241.